The van der Waals surface area contributed by atoms with Gasteiger partial charge in [-0.2, -0.15) is 0 Å². The van der Waals surface area contributed by atoms with Crippen LogP contribution in [0, 0.1) is 5.41 Å². The molecule has 0 bridgehead atoms. The van der Waals surface area contributed by atoms with Gasteiger partial charge in [0, 0.05) is 33.0 Å². The molecule has 4 nitrogen and oxygen atoms in total. The number of nitrogens with zero attached hydrogens (tertiary/aromatic N) is 1. The minimum atomic E-state index is -0.347. The van der Waals surface area contributed by atoms with E-state index in [0.29, 0.717) is 5.41 Å². The summed E-state index contributed by atoms with van der Waals surface area (Å²) < 4.78 is 17.8. The van der Waals surface area contributed by atoms with Crippen molar-refractivity contribution in [3.05, 3.63) is 11.6 Å². The summed E-state index contributed by atoms with van der Waals surface area (Å²) in [4.78, 5) is 2.47. The largest absolute Gasteiger partial charge is 0.383 e. The van der Waals surface area contributed by atoms with Gasteiger partial charge < -0.3 is 19.1 Å². The molecule has 4 heteroatoms. The second-order valence-electron chi connectivity index (χ2n) is 8.26. The first kappa shape index (κ1) is 20.9. The van der Waals surface area contributed by atoms with Gasteiger partial charge in [0.1, 0.15) is 0 Å². The summed E-state index contributed by atoms with van der Waals surface area (Å²) in [7, 11) is 1.77. The summed E-state index contributed by atoms with van der Waals surface area (Å²) in [5.74, 6) is -0.347. The van der Waals surface area contributed by atoms with E-state index in [1.54, 1.807) is 12.7 Å². The Morgan fingerprint density at radius 3 is 2.68 bits per heavy atom. The lowest BCUT2D eigenvalue weighted by Crippen LogP contribution is -2.35. The zero-order chi connectivity index (χ0) is 18.3. The number of ether oxygens (including phenoxy) is 3. The molecular weight excluding hydrogens is 314 g/mol. The van der Waals surface area contributed by atoms with Crippen LogP contribution in [0.3, 0.4) is 0 Å². The number of hydrogen-bond donors (Lipinski definition) is 0. The van der Waals surface area contributed by atoms with Crippen LogP contribution >= 0.6 is 0 Å². The molecule has 1 heterocycles. The maximum atomic E-state index is 6.39. The van der Waals surface area contributed by atoms with Crippen molar-refractivity contribution >= 4 is 0 Å². The molecule has 0 saturated carbocycles. The zero-order valence-corrected chi connectivity index (χ0v) is 17.1. The van der Waals surface area contributed by atoms with Crippen LogP contribution in [-0.2, 0) is 14.2 Å². The van der Waals surface area contributed by atoms with Crippen LogP contribution in [0.5, 0.6) is 0 Å². The van der Waals surface area contributed by atoms with Gasteiger partial charge in [0.05, 0.1) is 19.3 Å². The zero-order valence-electron chi connectivity index (χ0n) is 17.1. The van der Waals surface area contributed by atoms with Crippen molar-refractivity contribution in [3.63, 3.8) is 0 Å². The number of methoxy groups -OCH3 is 1. The van der Waals surface area contributed by atoms with Gasteiger partial charge in [0.2, 0.25) is 0 Å². The monoisotopic (exact) mass is 353 g/mol. The quantitative estimate of drug-likeness (QED) is 0.545. The fourth-order valence-corrected chi connectivity index (χ4v) is 3.85. The highest BCUT2D eigenvalue weighted by Gasteiger charge is 2.43. The molecule has 2 atom stereocenters. The van der Waals surface area contributed by atoms with E-state index in [2.05, 4.69) is 38.7 Å². The molecule has 25 heavy (non-hydrogen) atoms. The molecule has 1 aliphatic carbocycles. The lowest BCUT2D eigenvalue weighted by molar-refractivity contribution is -0.174. The van der Waals surface area contributed by atoms with Crippen molar-refractivity contribution in [3.8, 4) is 0 Å². The van der Waals surface area contributed by atoms with Crippen LogP contribution in [0.1, 0.15) is 66.2 Å². The average molecular weight is 354 g/mol. The fourth-order valence-electron chi connectivity index (χ4n) is 3.85. The molecule has 1 fully saturated rings. The Hall–Kier alpha value is -0.420. The first-order chi connectivity index (χ1) is 11.9. The number of allylic oxidation sites excluding steroid dienone is 1. The van der Waals surface area contributed by atoms with Gasteiger partial charge in [0.25, 0.3) is 0 Å². The minimum absolute atomic E-state index is 0.232. The van der Waals surface area contributed by atoms with Gasteiger partial charge in [-0.05, 0) is 37.6 Å². The van der Waals surface area contributed by atoms with Gasteiger partial charge in [-0.15, -0.1) is 0 Å². The van der Waals surface area contributed by atoms with Crippen LogP contribution in [0.2, 0.25) is 0 Å². The van der Waals surface area contributed by atoms with E-state index < -0.39 is 0 Å². The Bertz CT molecular complexity index is 435. The molecule has 146 valence electrons. The Kier molecular flexibility index (Phi) is 7.93. The van der Waals surface area contributed by atoms with Crippen molar-refractivity contribution in [2.45, 2.75) is 78.1 Å². The van der Waals surface area contributed by atoms with E-state index in [0.717, 1.165) is 58.5 Å². The summed E-state index contributed by atoms with van der Waals surface area (Å²) in [6.07, 6.45) is 9.03. The van der Waals surface area contributed by atoms with Crippen LogP contribution in [-0.4, -0.2) is 56.7 Å². The molecule has 0 N–H and O–H groups in total. The Morgan fingerprint density at radius 2 is 2.08 bits per heavy atom. The molecule has 1 spiro atoms. The van der Waals surface area contributed by atoms with E-state index in [9.17, 15) is 0 Å². The summed E-state index contributed by atoms with van der Waals surface area (Å²) in [6.45, 7) is 13.9. The Morgan fingerprint density at radius 1 is 1.28 bits per heavy atom. The van der Waals surface area contributed by atoms with Gasteiger partial charge in [-0.25, -0.2) is 0 Å². The first-order valence-corrected chi connectivity index (χ1v) is 10.2. The topological polar surface area (TPSA) is 30.9 Å². The van der Waals surface area contributed by atoms with Crippen LogP contribution < -0.4 is 0 Å². The van der Waals surface area contributed by atoms with Gasteiger partial charge >= 0.3 is 0 Å². The lowest BCUT2D eigenvalue weighted by atomic mass is 9.75. The molecule has 2 unspecified atom stereocenters. The summed E-state index contributed by atoms with van der Waals surface area (Å²) >= 11 is 0. The first-order valence-electron chi connectivity index (χ1n) is 10.2. The highest BCUT2D eigenvalue weighted by Crippen LogP contribution is 2.43. The third-order valence-corrected chi connectivity index (χ3v) is 6.02. The lowest BCUT2D eigenvalue weighted by Gasteiger charge is -2.36. The third-order valence-electron chi connectivity index (χ3n) is 6.02. The predicted octanol–water partition coefficient (Wildman–Crippen LogP) is 4.39. The van der Waals surface area contributed by atoms with Crippen molar-refractivity contribution in [2.24, 2.45) is 5.41 Å². The van der Waals surface area contributed by atoms with E-state index in [1.807, 2.05) is 0 Å². The summed E-state index contributed by atoms with van der Waals surface area (Å²) in [6, 6.07) is 0. The average Bonchev–Trinajstić information content (AvgIpc) is 3.00. The molecule has 2 aliphatic rings. The second-order valence-corrected chi connectivity index (χ2v) is 8.26. The molecule has 1 aliphatic heterocycles. The fraction of sp³-hybridized carbons (Fsp3) is 0.905. The molecule has 0 amide bonds. The third kappa shape index (κ3) is 5.78. The molecule has 0 aromatic rings. The molecule has 0 aromatic carbocycles. The van der Waals surface area contributed by atoms with Crippen LogP contribution in [0.4, 0.5) is 0 Å². The standard InChI is InChI=1S/C21H39NO3/c1-6-13-22(15-16-23-5)14-10-19-17-24-21(25-19)11-8-18(9-12-21)20(3,4)7-2/h8,19H,6-7,9-17H2,1-5H3. The van der Waals surface area contributed by atoms with Crippen LogP contribution in [0.15, 0.2) is 11.6 Å². The smallest absolute Gasteiger partial charge is 0.172 e. The van der Waals surface area contributed by atoms with Gasteiger partial charge in [-0.1, -0.05) is 39.3 Å². The molecule has 0 radical (unpaired) electrons. The SMILES string of the molecule is CCCN(CCOC)CCC1COC2(CC=C(C(C)(C)CC)CC2)O1. The van der Waals surface area contributed by atoms with E-state index in [-0.39, 0.29) is 11.9 Å². The highest BCUT2D eigenvalue weighted by atomic mass is 16.7. The van der Waals surface area contributed by atoms with Gasteiger partial charge in [-0.3, -0.25) is 0 Å². The highest BCUT2D eigenvalue weighted by molar-refractivity contribution is 5.17. The maximum Gasteiger partial charge on any atom is 0.172 e. The van der Waals surface area contributed by atoms with Crippen molar-refractivity contribution < 1.29 is 14.2 Å². The molecule has 0 aromatic heterocycles. The van der Waals surface area contributed by atoms with Gasteiger partial charge in [0.15, 0.2) is 5.79 Å². The molecule has 1 saturated heterocycles. The second kappa shape index (κ2) is 9.50. The minimum Gasteiger partial charge on any atom is -0.383 e. The number of rotatable bonds is 10. The van der Waals surface area contributed by atoms with E-state index >= 15 is 0 Å². The molecule has 2 rings (SSSR count). The normalized spacial score (nSPS) is 27.3. The van der Waals surface area contributed by atoms with Crippen molar-refractivity contribution in [2.75, 3.05) is 40.0 Å². The van der Waals surface area contributed by atoms with Crippen molar-refractivity contribution in [1.29, 1.82) is 0 Å². The summed E-state index contributed by atoms with van der Waals surface area (Å²) in [5, 5.41) is 0. The Balaban J connectivity index is 1.81. The maximum absolute atomic E-state index is 6.39. The number of hydrogen-bond acceptors (Lipinski definition) is 4. The van der Waals surface area contributed by atoms with E-state index in [4.69, 9.17) is 14.2 Å². The Labute approximate surface area is 154 Å². The van der Waals surface area contributed by atoms with Crippen molar-refractivity contribution in [1.82, 2.24) is 4.90 Å². The van der Waals surface area contributed by atoms with E-state index in [1.165, 1.54) is 12.8 Å². The predicted molar refractivity (Wildman–Crippen MR) is 103 cm³/mol. The summed E-state index contributed by atoms with van der Waals surface area (Å²) in [5.41, 5.74) is 1.88. The molecular formula is C21H39NO3. The van der Waals surface area contributed by atoms with Crippen LogP contribution in [0.25, 0.3) is 0 Å².